The van der Waals surface area contributed by atoms with Gasteiger partial charge in [-0.3, -0.25) is 4.79 Å². The number of amides is 1. The summed E-state index contributed by atoms with van der Waals surface area (Å²) in [6.45, 7) is 1.66. The van der Waals surface area contributed by atoms with Gasteiger partial charge in [-0.05, 0) is 61.0 Å². The molecule has 0 radical (unpaired) electrons. The van der Waals surface area contributed by atoms with Crippen LogP contribution in [-0.4, -0.2) is 19.1 Å². The highest BCUT2D eigenvalue weighted by Crippen LogP contribution is 2.21. The fraction of sp³-hybridized carbons (Fsp3) is 0.533. The van der Waals surface area contributed by atoms with Crippen LogP contribution in [0.1, 0.15) is 32.1 Å². The lowest BCUT2D eigenvalue weighted by Crippen LogP contribution is -2.13. The van der Waals surface area contributed by atoms with Crippen molar-refractivity contribution in [1.29, 1.82) is 0 Å². The number of ether oxygens (including phenoxy) is 1. The van der Waals surface area contributed by atoms with E-state index in [1.807, 2.05) is 0 Å². The number of hydrogen-bond donors (Lipinski definition) is 1. The molecule has 1 aliphatic rings. The molecule has 0 saturated carbocycles. The van der Waals surface area contributed by atoms with Gasteiger partial charge in [0.15, 0.2) is 0 Å². The first-order chi connectivity index (χ1) is 9.78. The number of nitrogens with one attached hydrogen (secondary N) is 1. The zero-order valence-electron chi connectivity index (χ0n) is 11.5. The highest BCUT2D eigenvalue weighted by molar-refractivity contribution is 5.90. The van der Waals surface area contributed by atoms with Crippen molar-refractivity contribution in [2.24, 2.45) is 11.1 Å². The second-order valence-corrected chi connectivity index (χ2v) is 5.13. The van der Waals surface area contributed by atoms with Crippen molar-refractivity contribution < 1.29 is 9.53 Å². The third kappa shape index (κ3) is 4.74. The van der Waals surface area contributed by atoms with Gasteiger partial charge in [-0.1, -0.05) is 0 Å². The molecular formula is C15H20N2O3. The van der Waals surface area contributed by atoms with Crippen molar-refractivity contribution in [2.45, 2.75) is 32.1 Å². The van der Waals surface area contributed by atoms with Gasteiger partial charge in [0, 0.05) is 25.3 Å². The maximum atomic E-state index is 11.9. The monoisotopic (exact) mass is 276 g/mol. The zero-order chi connectivity index (χ0) is 14.2. The zero-order valence-corrected chi connectivity index (χ0v) is 11.5. The van der Waals surface area contributed by atoms with Crippen LogP contribution in [0.4, 0.5) is 11.4 Å². The van der Waals surface area contributed by atoms with Crippen molar-refractivity contribution in [3.8, 4) is 0 Å². The summed E-state index contributed by atoms with van der Waals surface area (Å²) in [6.07, 6.45) is 4.72. The summed E-state index contributed by atoms with van der Waals surface area (Å²) in [7, 11) is 0. The standard InChI is InChI=1S/C15H20N2O3/c18-15(8-3-12-2-1-10-20-11-9-12)16-13-4-6-14(17-19)7-5-13/h4-7,12H,1-3,8-11H2,(H,16,18). The van der Waals surface area contributed by atoms with E-state index < -0.39 is 0 Å². The van der Waals surface area contributed by atoms with Gasteiger partial charge in [-0.2, -0.15) is 0 Å². The number of nitrogens with zero attached hydrogens (tertiary/aromatic N) is 1. The maximum absolute atomic E-state index is 11.9. The third-order valence-corrected chi connectivity index (χ3v) is 3.61. The van der Waals surface area contributed by atoms with Crippen LogP contribution in [0.15, 0.2) is 29.4 Å². The molecule has 1 heterocycles. The molecule has 2 rings (SSSR count). The van der Waals surface area contributed by atoms with E-state index in [2.05, 4.69) is 10.5 Å². The Balaban J connectivity index is 1.75. The number of carbonyl (C=O) groups is 1. The molecular weight excluding hydrogens is 256 g/mol. The van der Waals surface area contributed by atoms with E-state index in [0.717, 1.165) is 38.9 Å². The van der Waals surface area contributed by atoms with Gasteiger partial charge in [0.2, 0.25) is 5.91 Å². The van der Waals surface area contributed by atoms with Crippen molar-refractivity contribution in [1.82, 2.24) is 0 Å². The lowest BCUT2D eigenvalue weighted by Gasteiger charge is -2.12. The summed E-state index contributed by atoms with van der Waals surface area (Å²) >= 11 is 0. The Morgan fingerprint density at radius 3 is 2.80 bits per heavy atom. The highest BCUT2D eigenvalue weighted by Gasteiger charge is 2.14. The number of anilines is 1. The second kappa shape index (κ2) is 7.75. The van der Waals surface area contributed by atoms with Crippen molar-refractivity contribution in [3.05, 3.63) is 29.2 Å². The molecule has 1 aromatic carbocycles. The molecule has 1 amide bonds. The average molecular weight is 276 g/mol. The van der Waals surface area contributed by atoms with Gasteiger partial charge in [0.1, 0.15) is 5.69 Å². The molecule has 1 N–H and O–H groups in total. The van der Waals surface area contributed by atoms with Crippen molar-refractivity contribution >= 4 is 17.3 Å². The predicted octanol–water partition coefficient (Wildman–Crippen LogP) is 3.62. The average Bonchev–Trinajstić information content (AvgIpc) is 2.74. The minimum Gasteiger partial charge on any atom is -0.381 e. The van der Waals surface area contributed by atoms with E-state index >= 15 is 0 Å². The van der Waals surface area contributed by atoms with Crippen LogP contribution in [0.2, 0.25) is 0 Å². The number of nitroso groups, excluding NO2 is 1. The number of benzene rings is 1. The van der Waals surface area contributed by atoms with Gasteiger partial charge in [0.25, 0.3) is 0 Å². The Morgan fingerprint density at radius 2 is 2.05 bits per heavy atom. The fourth-order valence-electron chi connectivity index (χ4n) is 2.42. The number of hydrogen-bond acceptors (Lipinski definition) is 4. The van der Waals surface area contributed by atoms with Crippen LogP contribution >= 0.6 is 0 Å². The molecule has 1 atom stereocenters. The summed E-state index contributed by atoms with van der Waals surface area (Å²) < 4.78 is 5.41. The lowest BCUT2D eigenvalue weighted by atomic mass is 9.95. The van der Waals surface area contributed by atoms with Gasteiger partial charge in [-0.15, -0.1) is 4.91 Å². The van der Waals surface area contributed by atoms with Crippen LogP contribution in [0.25, 0.3) is 0 Å². The summed E-state index contributed by atoms with van der Waals surface area (Å²) in [6, 6.07) is 6.55. The normalized spacial score (nSPS) is 19.1. The molecule has 20 heavy (non-hydrogen) atoms. The van der Waals surface area contributed by atoms with Gasteiger partial charge in [0.05, 0.1) is 0 Å². The summed E-state index contributed by atoms with van der Waals surface area (Å²) in [5.74, 6) is 0.604. The molecule has 0 aromatic heterocycles. The van der Waals surface area contributed by atoms with Gasteiger partial charge in [-0.25, -0.2) is 0 Å². The maximum Gasteiger partial charge on any atom is 0.224 e. The Hall–Kier alpha value is -1.75. The van der Waals surface area contributed by atoms with Crippen LogP contribution in [0, 0.1) is 10.8 Å². The first-order valence-electron chi connectivity index (χ1n) is 7.09. The lowest BCUT2D eigenvalue weighted by molar-refractivity contribution is -0.116. The van der Waals surface area contributed by atoms with Crippen LogP contribution < -0.4 is 5.32 Å². The Kier molecular flexibility index (Phi) is 5.68. The largest absolute Gasteiger partial charge is 0.381 e. The predicted molar refractivity (Wildman–Crippen MR) is 77.9 cm³/mol. The first-order valence-corrected chi connectivity index (χ1v) is 7.09. The van der Waals surface area contributed by atoms with Gasteiger partial charge >= 0.3 is 0 Å². The molecule has 1 unspecified atom stereocenters. The summed E-state index contributed by atoms with van der Waals surface area (Å²) in [5.41, 5.74) is 1.06. The first kappa shape index (κ1) is 14.7. The van der Waals surface area contributed by atoms with Gasteiger partial charge < -0.3 is 10.1 Å². The molecule has 5 heteroatoms. The molecule has 5 nitrogen and oxygen atoms in total. The van der Waals surface area contributed by atoms with E-state index in [0.29, 0.717) is 23.7 Å². The van der Waals surface area contributed by atoms with Crippen molar-refractivity contribution in [3.63, 3.8) is 0 Å². The Bertz CT molecular complexity index is 437. The molecule has 0 bridgehead atoms. The van der Waals surface area contributed by atoms with Crippen molar-refractivity contribution in [2.75, 3.05) is 18.5 Å². The SMILES string of the molecule is O=Nc1ccc(NC(=O)CCC2CCCOCC2)cc1. The van der Waals surface area contributed by atoms with E-state index in [1.165, 1.54) is 0 Å². The fourth-order valence-corrected chi connectivity index (χ4v) is 2.42. The summed E-state index contributed by atoms with van der Waals surface area (Å²) in [5, 5.41) is 5.66. The minimum atomic E-state index is 0.0157. The van der Waals surface area contributed by atoms with Crippen LogP contribution in [0.5, 0.6) is 0 Å². The minimum absolute atomic E-state index is 0.0157. The Labute approximate surface area is 118 Å². The molecule has 108 valence electrons. The second-order valence-electron chi connectivity index (χ2n) is 5.13. The van der Waals surface area contributed by atoms with Crippen LogP contribution in [-0.2, 0) is 9.53 Å². The number of carbonyl (C=O) groups excluding carboxylic acids is 1. The Morgan fingerprint density at radius 1 is 1.25 bits per heavy atom. The van der Waals surface area contributed by atoms with Crippen LogP contribution in [0.3, 0.4) is 0 Å². The molecule has 0 aliphatic carbocycles. The van der Waals surface area contributed by atoms with E-state index in [1.54, 1.807) is 24.3 Å². The summed E-state index contributed by atoms with van der Waals surface area (Å²) in [4.78, 5) is 22.2. The smallest absolute Gasteiger partial charge is 0.224 e. The van der Waals surface area contributed by atoms with E-state index in [-0.39, 0.29) is 5.91 Å². The molecule has 1 fully saturated rings. The molecule has 1 saturated heterocycles. The van der Waals surface area contributed by atoms with E-state index in [9.17, 15) is 9.70 Å². The molecule has 1 aliphatic heterocycles. The highest BCUT2D eigenvalue weighted by atomic mass is 16.5. The van der Waals surface area contributed by atoms with E-state index in [4.69, 9.17) is 4.74 Å². The quantitative estimate of drug-likeness (QED) is 0.835. The molecule has 1 aromatic rings. The topological polar surface area (TPSA) is 67.8 Å². The number of rotatable bonds is 5. The molecule has 0 spiro atoms. The third-order valence-electron chi connectivity index (χ3n) is 3.61.